The molecule has 1 unspecified atom stereocenters. The van der Waals surface area contributed by atoms with E-state index in [1.807, 2.05) is 66.7 Å². The SMILES string of the molecule is CC(=O)OCC1=CS[C@@H]2[C@H](NC(=O)CNc3ccnc4cc(Cl)ccc34)C(=O)N2C1C(=O)OC(c1ccccc1)c1ccccc1. The van der Waals surface area contributed by atoms with Crippen LogP contribution in [0, 0.1) is 0 Å². The zero-order valence-corrected chi connectivity index (χ0v) is 26.2. The van der Waals surface area contributed by atoms with Gasteiger partial charge in [-0.25, -0.2) is 4.79 Å². The molecule has 2 N–H and O–H groups in total. The maximum Gasteiger partial charge on any atom is 0.334 e. The molecule has 1 fully saturated rings. The van der Waals surface area contributed by atoms with E-state index in [-0.39, 0.29) is 13.2 Å². The lowest BCUT2D eigenvalue weighted by atomic mass is 9.97. The minimum absolute atomic E-state index is 0.0995. The third-order valence-corrected chi connectivity index (χ3v) is 9.08. The van der Waals surface area contributed by atoms with Crippen LogP contribution in [0.1, 0.15) is 24.2 Å². The molecule has 3 aromatic carbocycles. The van der Waals surface area contributed by atoms with E-state index >= 15 is 0 Å². The van der Waals surface area contributed by atoms with E-state index < -0.39 is 47.3 Å². The van der Waals surface area contributed by atoms with Gasteiger partial charge in [-0.1, -0.05) is 72.3 Å². The molecule has 2 amide bonds. The number of anilines is 1. The van der Waals surface area contributed by atoms with Crippen LogP contribution in [0.25, 0.3) is 10.9 Å². The standard InChI is InChI=1S/C34H29ClN4O6S/c1-20(40)44-18-23-19-46-33-29(38-28(41)17-37-26-14-15-36-27-16-24(35)12-13-25(26)27)32(42)39(33)30(23)34(43)45-31(21-8-4-2-5-9-21)22-10-6-3-7-11-22/h2-16,19,29-31,33H,17-18H2,1H3,(H,36,37)(H,38,41)/t29-,30?,33-/m1/s1. The second kappa shape index (κ2) is 13.6. The van der Waals surface area contributed by atoms with Crippen molar-refractivity contribution in [2.75, 3.05) is 18.5 Å². The molecule has 1 saturated heterocycles. The van der Waals surface area contributed by atoms with Gasteiger partial charge < -0.3 is 25.0 Å². The van der Waals surface area contributed by atoms with Gasteiger partial charge in [0.2, 0.25) is 11.8 Å². The van der Waals surface area contributed by atoms with E-state index in [2.05, 4.69) is 15.6 Å². The molecular formula is C34H29ClN4O6S. The molecular weight excluding hydrogens is 628 g/mol. The summed E-state index contributed by atoms with van der Waals surface area (Å²) in [6.45, 7) is 0.982. The van der Waals surface area contributed by atoms with Crippen LogP contribution in [0.4, 0.5) is 5.69 Å². The lowest BCUT2D eigenvalue weighted by Gasteiger charge is -2.51. The number of benzene rings is 3. The highest BCUT2D eigenvalue weighted by molar-refractivity contribution is 8.03. The summed E-state index contributed by atoms with van der Waals surface area (Å²) in [6.07, 6.45) is 0.875. The van der Waals surface area contributed by atoms with Crippen LogP contribution in [-0.4, -0.2) is 64.2 Å². The number of nitrogens with zero attached hydrogens (tertiary/aromatic N) is 2. The zero-order chi connectivity index (χ0) is 32.2. The predicted molar refractivity (Wildman–Crippen MR) is 175 cm³/mol. The summed E-state index contributed by atoms with van der Waals surface area (Å²) in [5.41, 5.74) is 3.29. The molecule has 3 atom stereocenters. The summed E-state index contributed by atoms with van der Waals surface area (Å²) in [4.78, 5) is 57.8. The number of aromatic nitrogens is 1. The van der Waals surface area contributed by atoms with Crippen LogP contribution < -0.4 is 10.6 Å². The Morgan fingerprint density at radius 3 is 2.37 bits per heavy atom. The fourth-order valence-corrected chi connectivity index (χ4v) is 6.82. The van der Waals surface area contributed by atoms with Gasteiger partial charge >= 0.3 is 11.9 Å². The van der Waals surface area contributed by atoms with Gasteiger partial charge in [0.15, 0.2) is 12.1 Å². The van der Waals surface area contributed by atoms with Crippen molar-refractivity contribution in [1.82, 2.24) is 15.2 Å². The smallest absolute Gasteiger partial charge is 0.334 e. The fourth-order valence-electron chi connectivity index (χ4n) is 5.44. The molecule has 0 radical (unpaired) electrons. The summed E-state index contributed by atoms with van der Waals surface area (Å²) in [6, 6.07) is 23.6. The third kappa shape index (κ3) is 6.56. The van der Waals surface area contributed by atoms with Gasteiger partial charge in [0.1, 0.15) is 18.0 Å². The van der Waals surface area contributed by atoms with E-state index in [1.54, 1.807) is 29.8 Å². The molecule has 234 valence electrons. The number of ether oxygens (including phenoxy) is 2. The highest BCUT2D eigenvalue weighted by atomic mass is 35.5. The number of hydrogen-bond acceptors (Lipinski definition) is 9. The largest absolute Gasteiger partial charge is 0.461 e. The molecule has 0 aliphatic carbocycles. The maximum atomic E-state index is 13.9. The summed E-state index contributed by atoms with van der Waals surface area (Å²) < 4.78 is 11.3. The third-order valence-electron chi connectivity index (χ3n) is 7.63. The molecule has 0 spiro atoms. The summed E-state index contributed by atoms with van der Waals surface area (Å²) >= 11 is 7.35. The van der Waals surface area contributed by atoms with Crippen LogP contribution in [0.3, 0.4) is 0 Å². The number of halogens is 1. The van der Waals surface area contributed by atoms with Gasteiger partial charge in [-0.15, -0.1) is 11.8 Å². The van der Waals surface area contributed by atoms with Crippen molar-refractivity contribution >= 4 is 63.7 Å². The monoisotopic (exact) mass is 656 g/mol. The first kappa shape index (κ1) is 31.1. The van der Waals surface area contributed by atoms with Gasteiger partial charge in [-0.3, -0.25) is 19.4 Å². The Hall–Kier alpha value is -4.87. The number of rotatable bonds is 10. The van der Waals surface area contributed by atoms with E-state index in [1.165, 1.54) is 23.6 Å². The Labute approximate surface area is 274 Å². The summed E-state index contributed by atoms with van der Waals surface area (Å²) in [5.74, 6) is -2.05. The van der Waals surface area contributed by atoms with Crippen molar-refractivity contribution in [2.24, 2.45) is 0 Å². The average molecular weight is 657 g/mol. The lowest BCUT2D eigenvalue weighted by Crippen LogP contribution is -2.74. The first-order valence-corrected chi connectivity index (χ1v) is 15.8. The molecule has 46 heavy (non-hydrogen) atoms. The molecule has 10 nitrogen and oxygen atoms in total. The number of amides is 2. The topological polar surface area (TPSA) is 127 Å². The molecule has 4 aromatic rings. The van der Waals surface area contributed by atoms with Crippen molar-refractivity contribution in [1.29, 1.82) is 0 Å². The summed E-state index contributed by atoms with van der Waals surface area (Å²) in [5, 5.41) is 8.38. The number of β-lactam (4-membered cyclic amide) rings is 1. The van der Waals surface area contributed by atoms with Crippen molar-refractivity contribution in [3.8, 4) is 0 Å². The van der Waals surface area contributed by atoms with E-state index in [0.29, 0.717) is 21.8 Å². The van der Waals surface area contributed by atoms with Crippen molar-refractivity contribution in [2.45, 2.75) is 30.5 Å². The number of carbonyl (C=O) groups excluding carboxylic acids is 4. The molecule has 0 bridgehead atoms. The first-order valence-electron chi connectivity index (χ1n) is 14.5. The quantitative estimate of drug-likeness (QED) is 0.182. The van der Waals surface area contributed by atoms with Gasteiger partial charge in [-0.05, 0) is 40.8 Å². The number of fused-ring (bicyclic) bond motifs is 2. The van der Waals surface area contributed by atoms with Gasteiger partial charge in [0, 0.05) is 34.8 Å². The Morgan fingerprint density at radius 2 is 1.70 bits per heavy atom. The molecule has 1 aromatic heterocycles. The number of pyridine rings is 1. The Balaban J connectivity index is 1.18. The van der Waals surface area contributed by atoms with Crippen LogP contribution in [0.2, 0.25) is 5.02 Å². The fraction of sp³-hybridized carbons (Fsp3) is 0.206. The molecule has 12 heteroatoms. The lowest BCUT2D eigenvalue weighted by molar-refractivity contribution is -0.166. The zero-order valence-electron chi connectivity index (χ0n) is 24.6. The predicted octanol–water partition coefficient (Wildman–Crippen LogP) is 4.85. The second-order valence-electron chi connectivity index (χ2n) is 10.7. The minimum Gasteiger partial charge on any atom is -0.461 e. The normalized spacial score (nSPS) is 18.7. The molecule has 6 rings (SSSR count). The van der Waals surface area contributed by atoms with Gasteiger partial charge in [-0.2, -0.15) is 0 Å². The number of esters is 2. The van der Waals surface area contributed by atoms with Crippen molar-refractivity contribution in [3.63, 3.8) is 0 Å². The van der Waals surface area contributed by atoms with Crippen LogP contribution in [0.15, 0.2) is 102 Å². The van der Waals surface area contributed by atoms with Crippen LogP contribution >= 0.6 is 23.4 Å². The van der Waals surface area contributed by atoms with Crippen molar-refractivity contribution in [3.05, 3.63) is 118 Å². The van der Waals surface area contributed by atoms with E-state index in [9.17, 15) is 19.2 Å². The first-order chi connectivity index (χ1) is 22.3. The molecule has 2 aliphatic rings. The minimum atomic E-state index is -1.14. The van der Waals surface area contributed by atoms with Crippen LogP contribution in [-0.2, 0) is 28.7 Å². The summed E-state index contributed by atoms with van der Waals surface area (Å²) in [7, 11) is 0. The Kier molecular flexibility index (Phi) is 9.23. The number of carbonyl (C=O) groups is 4. The van der Waals surface area contributed by atoms with Crippen LogP contribution in [0.5, 0.6) is 0 Å². The van der Waals surface area contributed by atoms with E-state index in [4.69, 9.17) is 21.1 Å². The Morgan fingerprint density at radius 1 is 1.00 bits per heavy atom. The number of nitrogens with one attached hydrogen (secondary N) is 2. The highest BCUT2D eigenvalue weighted by Crippen LogP contribution is 2.41. The van der Waals surface area contributed by atoms with Gasteiger partial charge in [0.05, 0.1) is 12.1 Å². The van der Waals surface area contributed by atoms with Gasteiger partial charge in [0.25, 0.3) is 0 Å². The average Bonchev–Trinajstić information content (AvgIpc) is 3.07. The van der Waals surface area contributed by atoms with Crippen molar-refractivity contribution < 1.29 is 28.7 Å². The number of thioether (sulfide) groups is 1. The van der Waals surface area contributed by atoms with E-state index in [0.717, 1.165) is 16.5 Å². The Bertz CT molecular complexity index is 1780. The molecule has 0 saturated carbocycles. The molecule has 2 aliphatic heterocycles. The number of hydrogen-bond donors (Lipinski definition) is 2. The molecule has 3 heterocycles. The highest BCUT2D eigenvalue weighted by Gasteiger charge is 2.56. The second-order valence-corrected chi connectivity index (χ2v) is 12.1. The maximum absolute atomic E-state index is 13.9.